The van der Waals surface area contributed by atoms with E-state index >= 15 is 0 Å². The van der Waals surface area contributed by atoms with Gasteiger partial charge in [-0.15, -0.1) is 0 Å². The highest BCUT2D eigenvalue weighted by molar-refractivity contribution is 9.10. The highest BCUT2D eigenvalue weighted by Gasteiger charge is 2.61. The smallest absolute Gasteiger partial charge is 0.444 e. The fourth-order valence-corrected chi connectivity index (χ4v) is 5.39. The van der Waals surface area contributed by atoms with Gasteiger partial charge in [0.25, 0.3) is 0 Å². The van der Waals surface area contributed by atoms with E-state index in [1.54, 1.807) is 25.9 Å². The number of benzene rings is 2. The van der Waals surface area contributed by atoms with Crippen molar-refractivity contribution in [3.63, 3.8) is 0 Å². The fraction of sp³-hybridized carbons (Fsp3) is 0.469. The van der Waals surface area contributed by atoms with E-state index in [-0.39, 0.29) is 41.2 Å². The predicted molar refractivity (Wildman–Crippen MR) is 170 cm³/mol. The van der Waals surface area contributed by atoms with E-state index in [1.165, 1.54) is 24.3 Å². The first-order valence-corrected chi connectivity index (χ1v) is 16.0. The highest BCUT2D eigenvalue weighted by atomic mass is 79.9. The maximum atomic E-state index is 13.6. The second kappa shape index (κ2) is 15.0. The third-order valence-corrected chi connectivity index (χ3v) is 8.22. The minimum Gasteiger partial charge on any atom is -0.444 e. The Hall–Kier alpha value is -4.08. The molecule has 10 nitrogen and oxygen atoms in total. The third-order valence-electron chi connectivity index (χ3n) is 7.69. The maximum Gasteiger partial charge on any atom is 0.461 e. The lowest BCUT2D eigenvalue weighted by atomic mass is 9.81. The Kier molecular flexibility index (Phi) is 11.5. The molecule has 1 unspecified atom stereocenters. The average molecular weight is 744 g/mol. The summed E-state index contributed by atoms with van der Waals surface area (Å²) >= 11 is 3.38. The number of nitrogens with one attached hydrogen (secondary N) is 4. The number of hydrogen-bond donors (Lipinski definition) is 4. The number of carbonyl (C=O) groups excluding carboxylic acids is 3. The van der Waals surface area contributed by atoms with Gasteiger partial charge in [-0.2, -0.15) is 27.1 Å². The number of aromatic amines is 1. The number of nitrogens with zero attached hydrogens (tertiary/aromatic N) is 2. The topological polar surface area (TPSA) is 138 Å². The van der Waals surface area contributed by atoms with Crippen LogP contribution in [0.2, 0.25) is 0 Å². The summed E-state index contributed by atoms with van der Waals surface area (Å²) in [6.07, 6.45) is -3.56. The number of rotatable bonds is 10. The summed E-state index contributed by atoms with van der Waals surface area (Å²) in [6.45, 7) is 5.79. The van der Waals surface area contributed by atoms with Gasteiger partial charge in [-0.3, -0.25) is 14.7 Å². The van der Waals surface area contributed by atoms with Gasteiger partial charge in [0.1, 0.15) is 11.6 Å². The van der Waals surface area contributed by atoms with Crippen molar-refractivity contribution in [3.8, 4) is 11.4 Å². The Balaban J connectivity index is 1.38. The molecule has 3 aromatic rings. The zero-order valence-corrected chi connectivity index (χ0v) is 28.0. The second-order valence-electron chi connectivity index (χ2n) is 12.6. The summed E-state index contributed by atoms with van der Waals surface area (Å²) < 4.78 is 71.5. The number of amides is 3. The lowest BCUT2D eigenvalue weighted by molar-refractivity contribution is -0.292. The van der Waals surface area contributed by atoms with Gasteiger partial charge in [0.2, 0.25) is 17.6 Å². The van der Waals surface area contributed by atoms with E-state index in [0.717, 1.165) is 10.0 Å². The molecule has 1 aromatic heterocycles. The van der Waals surface area contributed by atoms with Crippen LogP contribution in [0.1, 0.15) is 57.8 Å². The van der Waals surface area contributed by atoms with Crippen molar-refractivity contribution in [2.45, 2.75) is 76.6 Å². The molecule has 1 atom stereocenters. The normalized spacial score (nSPS) is 17.7. The van der Waals surface area contributed by atoms with Gasteiger partial charge < -0.3 is 20.7 Å². The summed E-state index contributed by atoms with van der Waals surface area (Å²) in [4.78, 5) is 42.1. The standard InChI is InChI=1S/C32H36BrF5N6O4/c1-30(2,3)48-29(47)39-17-19-4-8-21(9-5-19)26(45)41-24(16-18-6-12-22(33)13-7-18)27(46)40-23-14-10-20(11-15-23)25-42-28(44-43-25)31(34,35)32(36,37)38/h6-7,10-15,19,21,24H,4-5,8-9,16-17H2,1-3H3,(H,39,47)(H,40,46)(H,41,45)(H,42,43,44). The molecular weight excluding hydrogens is 707 g/mol. The lowest BCUT2D eigenvalue weighted by Gasteiger charge is -2.29. The molecule has 1 aliphatic rings. The number of alkyl carbamates (subject to hydrolysis) is 1. The van der Waals surface area contributed by atoms with Crippen molar-refractivity contribution in [2.24, 2.45) is 11.8 Å². The van der Waals surface area contributed by atoms with E-state index in [4.69, 9.17) is 4.74 Å². The number of ether oxygens (including phenoxy) is 1. The molecule has 2 aromatic carbocycles. The van der Waals surface area contributed by atoms with Crippen LogP contribution >= 0.6 is 15.9 Å². The number of halogens is 6. The van der Waals surface area contributed by atoms with Gasteiger partial charge in [0.05, 0.1) is 0 Å². The molecule has 1 saturated carbocycles. The van der Waals surface area contributed by atoms with E-state index in [1.807, 2.05) is 24.3 Å². The Labute approximate surface area is 282 Å². The molecule has 0 bridgehead atoms. The summed E-state index contributed by atoms with van der Waals surface area (Å²) in [6, 6.07) is 11.9. The maximum absolute atomic E-state index is 13.6. The van der Waals surface area contributed by atoms with Gasteiger partial charge in [0.15, 0.2) is 5.82 Å². The van der Waals surface area contributed by atoms with Crippen LogP contribution < -0.4 is 16.0 Å². The van der Waals surface area contributed by atoms with E-state index in [0.29, 0.717) is 32.2 Å². The minimum absolute atomic E-state index is 0.130. The van der Waals surface area contributed by atoms with Crippen LogP contribution in [0.15, 0.2) is 53.0 Å². The van der Waals surface area contributed by atoms with Crippen LogP contribution in [-0.2, 0) is 26.7 Å². The monoisotopic (exact) mass is 742 g/mol. The molecule has 3 amide bonds. The summed E-state index contributed by atoms with van der Waals surface area (Å²) in [5.74, 6) is -8.15. The molecular formula is C32H36BrF5N6O4. The Bertz CT molecular complexity index is 1570. The first kappa shape index (κ1) is 36.8. The molecule has 1 aliphatic carbocycles. The fourth-order valence-electron chi connectivity index (χ4n) is 5.12. The van der Waals surface area contributed by atoms with Gasteiger partial charge in [0, 0.05) is 34.6 Å². The lowest BCUT2D eigenvalue weighted by Crippen LogP contribution is -2.48. The van der Waals surface area contributed by atoms with Crippen molar-refractivity contribution in [1.29, 1.82) is 0 Å². The van der Waals surface area contributed by atoms with Crippen LogP contribution in [0.25, 0.3) is 11.4 Å². The predicted octanol–water partition coefficient (Wildman–Crippen LogP) is 6.89. The Morgan fingerprint density at radius 2 is 1.58 bits per heavy atom. The van der Waals surface area contributed by atoms with E-state index < -0.39 is 41.6 Å². The average Bonchev–Trinajstić information content (AvgIpc) is 3.51. The minimum atomic E-state index is -5.85. The number of alkyl halides is 5. The summed E-state index contributed by atoms with van der Waals surface area (Å²) in [7, 11) is 0. The zero-order valence-electron chi connectivity index (χ0n) is 26.4. The first-order chi connectivity index (χ1) is 22.4. The zero-order chi connectivity index (χ0) is 35.3. The van der Waals surface area contributed by atoms with Crippen molar-refractivity contribution in [2.75, 3.05) is 11.9 Å². The summed E-state index contributed by atoms with van der Waals surface area (Å²) in [5.41, 5.74) is 0.607. The number of aromatic nitrogens is 3. The van der Waals surface area contributed by atoms with Crippen molar-refractivity contribution in [3.05, 3.63) is 64.4 Å². The number of hydrogen-bond acceptors (Lipinski definition) is 6. The van der Waals surface area contributed by atoms with Crippen molar-refractivity contribution >= 4 is 39.5 Å². The Morgan fingerprint density at radius 1 is 0.958 bits per heavy atom. The van der Waals surface area contributed by atoms with E-state index in [2.05, 4.69) is 42.0 Å². The largest absolute Gasteiger partial charge is 0.461 e. The number of anilines is 1. The van der Waals surface area contributed by atoms with Gasteiger partial charge in [-0.05, 0) is 94.3 Å². The quantitative estimate of drug-likeness (QED) is 0.167. The van der Waals surface area contributed by atoms with E-state index in [9.17, 15) is 36.3 Å². The second-order valence-corrected chi connectivity index (χ2v) is 13.6. The molecule has 4 N–H and O–H groups in total. The first-order valence-electron chi connectivity index (χ1n) is 15.2. The molecule has 48 heavy (non-hydrogen) atoms. The van der Waals surface area contributed by atoms with Crippen LogP contribution in [0, 0.1) is 11.8 Å². The molecule has 260 valence electrons. The van der Waals surface area contributed by atoms with Crippen molar-refractivity contribution in [1.82, 2.24) is 25.8 Å². The highest BCUT2D eigenvalue weighted by Crippen LogP contribution is 2.42. The molecule has 0 aliphatic heterocycles. The van der Waals surface area contributed by atoms with Gasteiger partial charge in [-0.1, -0.05) is 28.1 Å². The molecule has 0 spiro atoms. The molecule has 0 saturated heterocycles. The van der Waals surface area contributed by atoms with Crippen LogP contribution in [0.4, 0.5) is 32.4 Å². The van der Waals surface area contributed by atoms with Gasteiger partial charge >= 0.3 is 18.2 Å². The van der Waals surface area contributed by atoms with Crippen LogP contribution in [0.5, 0.6) is 0 Å². The molecule has 1 heterocycles. The number of H-pyrrole nitrogens is 1. The van der Waals surface area contributed by atoms with Crippen LogP contribution in [-0.4, -0.2) is 57.5 Å². The molecule has 4 rings (SSSR count). The molecule has 0 radical (unpaired) electrons. The molecule has 1 fully saturated rings. The summed E-state index contributed by atoms with van der Waals surface area (Å²) in [5, 5.41) is 13.5. The molecule has 16 heteroatoms. The number of carbonyl (C=O) groups is 3. The SMILES string of the molecule is CC(C)(C)OC(=O)NCC1CCC(C(=O)NC(Cc2ccc(Br)cc2)C(=O)Nc2ccc(-c3n[nH]c(C(F)(F)C(F)(F)F)n3)cc2)CC1. The van der Waals surface area contributed by atoms with Crippen molar-refractivity contribution < 1.29 is 41.1 Å². The van der Waals surface area contributed by atoms with Gasteiger partial charge in [-0.25, -0.2) is 9.78 Å². The van der Waals surface area contributed by atoms with Crippen LogP contribution in [0.3, 0.4) is 0 Å². The Morgan fingerprint density at radius 3 is 2.17 bits per heavy atom. The third kappa shape index (κ3) is 9.97.